The van der Waals surface area contributed by atoms with Crippen LogP contribution in [-0.4, -0.2) is 21.1 Å². The van der Waals surface area contributed by atoms with Crippen molar-refractivity contribution < 1.29 is 9.59 Å². The molecule has 0 amide bonds. The van der Waals surface area contributed by atoms with Crippen LogP contribution in [0.25, 0.3) is 0 Å². The molecular weight excluding hydrogens is 553 g/mol. The molecule has 208 valence electrons. The normalized spacial score (nSPS) is 12.4. The summed E-state index contributed by atoms with van der Waals surface area (Å²) in [7, 11) is 0. The molecule has 4 aromatic carbocycles. The average molecular weight is 585 g/mol. The van der Waals surface area contributed by atoms with Crippen molar-refractivity contribution in [3.05, 3.63) is 129 Å². The first-order valence-electron chi connectivity index (χ1n) is 13.8. The molecule has 0 aromatic heterocycles. The second-order valence-electron chi connectivity index (χ2n) is 12.2. The van der Waals surface area contributed by atoms with Gasteiger partial charge in [0, 0.05) is 63.8 Å². The van der Waals surface area contributed by atoms with Gasteiger partial charge in [-0.05, 0) is 84.9 Å². The van der Waals surface area contributed by atoms with Crippen molar-refractivity contribution in [2.75, 3.05) is 0 Å². The number of hydrogen-bond acceptors (Lipinski definition) is 4. The third kappa shape index (κ3) is 7.27. The molecule has 0 bridgehead atoms. The number of rotatable bonds is 2. The van der Waals surface area contributed by atoms with Crippen LogP contribution in [0, 0.1) is 23.7 Å². The first-order chi connectivity index (χ1) is 19.8. The highest BCUT2D eigenvalue weighted by molar-refractivity contribution is 8.00. The van der Waals surface area contributed by atoms with Crippen molar-refractivity contribution in [2.45, 2.75) is 60.8 Å². The van der Waals surface area contributed by atoms with Gasteiger partial charge >= 0.3 is 0 Å². The summed E-state index contributed by atoms with van der Waals surface area (Å²) in [4.78, 5) is 29.2. The Labute approximate surface area is 257 Å². The molecule has 1 aliphatic rings. The SMILES string of the molecule is CC(C)(C)Sc1ccc(C#Cc2ccc3c(c2)C(=O)c2ccc(C#Cc4ccc(SC(C)(C)C)cc4)cc2C3=O)cc1. The lowest BCUT2D eigenvalue weighted by molar-refractivity contribution is 0.0979. The van der Waals surface area contributed by atoms with Gasteiger partial charge in [-0.3, -0.25) is 9.59 Å². The first kappa shape index (κ1) is 29.5. The van der Waals surface area contributed by atoms with Crippen LogP contribution < -0.4 is 0 Å². The molecule has 4 heteroatoms. The molecule has 0 aliphatic heterocycles. The Bertz CT molecular complexity index is 1670. The largest absolute Gasteiger partial charge is 0.289 e. The van der Waals surface area contributed by atoms with Crippen molar-refractivity contribution in [3.63, 3.8) is 0 Å². The van der Waals surface area contributed by atoms with E-state index >= 15 is 0 Å². The van der Waals surface area contributed by atoms with Crippen LogP contribution in [0.3, 0.4) is 0 Å². The topological polar surface area (TPSA) is 34.1 Å². The molecule has 0 N–H and O–H groups in total. The Hall–Kier alpha value is -3.96. The van der Waals surface area contributed by atoms with Gasteiger partial charge < -0.3 is 0 Å². The molecule has 42 heavy (non-hydrogen) atoms. The maximum absolute atomic E-state index is 13.4. The van der Waals surface area contributed by atoms with Gasteiger partial charge in [0.15, 0.2) is 11.6 Å². The summed E-state index contributed by atoms with van der Waals surface area (Å²) in [5.74, 6) is 12.3. The Morgan fingerprint density at radius 2 is 0.738 bits per heavy atom. The number of hydrogen-bond donors (Lipinski definition) is 0. The molecule has 0 unspecified atom stereocenters. The van der Waals surface area contributed by atoms with E-state index in [9.17, 15) is 9.59 Å². The van der Waals surface area contributed by atoms with Gasteiger partial charge in [-0.1, -0.05) is 65.2 Å². The fraction of sp³-hybridized carbons (Fsp3) is 0.211. The van der Waals surface area contributed by atoms with E-state index in [4.69, 9.17) is 0 Å². The van der Waals surface area contributed by atoms with E-state index in [-0.39, 0.29) is 21.1 Å². The number of carbonyl (C=O) groups is 2. The van der Waals surface area contributed by atoms with Crippen molar-refractivity contribution >= 4 is 35.1 Å². The van der Waals surface area contributed by atoms with E-state index in [1.54, 1.807) is 36.4 Å². The summed E-state index contributed by atoms with van der Waals surface area (Å²) >= 11 is 3.63. The Kier molecular flexibility index (Phi) is 8.25. The summed E-state index contributed by atoms with van der Waals surface area (Å²) in [6, 6.07) is 26.8. The van der Waals surface area contributed by atoms with Crippen molar-refractivity contribution in [1.29, 1.82) is 0 Å². The quantitative estimate of drug-likeness (QED) is 0.153. The maximum Gasteiger partial charge on any atom is 0.194 e. The minimum absolute atomic E-state index is 0.145. The monoisotopic (exact) mass is 584 g/mol. The molecule has 0 fully saturated rings. The Morgan fingerprint density at radius 1 is 0.429 bits per heavy atom. The minimum Gasteiger partial charge on any atom is -0.289 e. The summed E-state index contributed by atoms with van der Waals surface area (Å²) in [5.41, 5.74) is 4.77. The predicted octanol–water partition coefficient (Wildman–Crippen LogP) is 9.04. The van der Waals surface area contributed by atoms with Gasteiger partial charge in [0.25, 0.3) is 0 Å². The lowest BCUT2D eigenvalue weighted by Gasteiger charge is -2.18. The third-order valence-corrected chi connectivity index (χ3v) is 8.52. The number of benzene rings is 4. The Morgan fingerprint density at radius 3 is 1.07 bits per heavy atom. The highest BCUT2D eigenvalue weighted by Gasteiger charge is 2.29. The number of ketones is 2. The van der Waals surface area contributed by atoms with E-state index in [1.807, 2.05) is 47.8 Å². The van der Waals surface area contributed by atoms with Crippen molar-refractivity contribution in [2.24, 2.45) is 0 Å². The summed E-state index contributed by atoms with van der Waals surface area (Å²) in [5, 5.41) is 0. The van der Waals surface area contributed by atoms with E-state index in [0.717, 1.165) is 11.1 Å². The molecule has 0 heterocycles. The second-order valence-corrected chi connectivity index (χ2v) is 16.0. The summed E-state index contributed by atoms with van der Waals surface area (Å²) in [6.45, 7) is 13.1. The highest BCUT2D eigenvalue weighted by atomic mass is 32.2. The molecular formula is C38H32O2S2. The fourth-order valence-electron chi connectivity index (χ4n) is 4.51. The van der Waals surface area contributed by atoms with Crippen LogP contribution in [0.1, 0.15) is 95.6 Å². The first-order valence-corrected chi connectivity index (χ1v) is 15.5. The standard InChI is InChI=1S/C38H32O2S2/c1-37(2,3)41-29-17-11-25(12-18-29)7-9-27-15-21-31-33(23-27)35(39)32-22-16-28(24-34(32)36(31)40)10-8-26-13-19-30(20-14-26)42-38(4,5)6/h11-24H,1-6H3. The minimum atomic E-state index is -0.168. The van der Waals surface area contributed by atoms with E-state index in [0.29, 0.717) is 33.4 Å². The summed E-state index contributed by atoms with van der Waals surface area (Å²) < 4.78 is 0.290. The van der Waals surface area contributed by atoms with Gasteiger partial charge in [0.1, 0.15) is 0 Å². The molecule has 1 aliphatic carbocycles. The van der Waals surface area contributed by atoms with Gasteiger partial charge in [-0.25, -0.2) is 0 Å². The molecule has 0 saturated heterocycles. The molecule has 2 nitrogen and oxygen atoms in total. The predicted molar refractivity (Wildman–Crippen MR) is 176 cm³/mol. The molecule has 0 atom stereocenters. The van der Waals surface area contributed by atoms with Crippen LogP contribution in [0.2, 0.25) is 0 Å². The summed E-state index contributed by atoms with van der Waals surface area (Å²) in [6.07, 6.45) is 0. The number of thioether (sulfide) groups is 2. The van der Waals surface area contributed by atoms with Crippen LogP contribution in [0.5, 0.6) is 0 Å². The van der Waals surface area contributed by atoms with Gasteiger partial charge in [0.05, 0.1) is 0 Å². The highest BCUT2D eigenvalue weighted by Crippen LogP contribution is 2.33. The fourth-order valence-corrected chi connectivity index (χ4v) is 6.47. The molecule has 0 radical (unpaired) electrons. The van der Waals surface area contributed by atoms with Gasteiger partial charge in [0.2, 0.25) is 0 Å². The van der Waals surface area contributed by atoms with Crippen LogP contribution in [0.4, 0.5) is 0 Å². The van der Waals surface area contributed by atoms with Crippen LogP contribution in [-0.2, 0) is 0 Å². The van der Waals surface area contributed by atoms with Crippen molar-refractivity contribution in [3.8, 4) is 23.7 Å². The lowest BCUT2D eigenvalue weighted by Crippen LogP contribution is -2.21. The van der Waals surface area contributed by atoms with E-state index in [2.05, 4.69) is 89.5 Å². The Balaban J connectivity index is 1.34. The molecule has 4 aromatic rings. The van der Waals surface area contributed by atoms with E-state index in [1.165, 1.54) is 9.79 Å². The van der Waals surface area contributed by atoms with Gasteiger partial charge in [-0.2, -0.15) is 0 Å². The maximum atomic E-state index is 13.4. The smallest absolute Gasteiger partial charge is 0.194 e. The lowest BCUT2D eigenvalue weighted by atomic mass is 9.82. The van der Waals surface area contributed by atoms with Gasteiger partial charge in [-0.15, -0.1) is 23.5 Å². The van der Waals surface area contributed by atoms with Crippen LogP contribution in [0.15, 0.2) is 94.7 Å². The second kappa shape index (κ2) is 11.7. The van der Waals surface area contributed by atoms with E-state index < -0.39 is 0 Å². The van der Waals surface area contributed by atoms with Crippen molar-refractivity contribution in [1.82, 2.24) is 0 Å². The average Bonchev–Trinajstić information content (AvgIpc) is 2.93. The zero-order valence-corrected chi connectivity index (χ0v) is 26.3. The molecule has 0 spiro atoms. The molecule has 0 saturated carbocycles. The number of fused-ring (bicyclic) bond motifs is 2. The number of carbonyl (C=O) groups excluding carboxylic acids is 2. The third-order valence-electron chi connectivity index (χ3n) is 6.28. The zero-order valence-electron chi connectivity index (χ0n) is 24.7. The van der Waals surface area contributed by atoms with Crippen LogP contribution >= 0.6 is 23.5 Å². The molecule has 5 rings (SSSR count). The zero-order chi connectivity index (χ0) is 30.1.